The molecule has 1 N–H and O–H groups in total. The summed E-state index contributed by atoms with van der Waals surface area (Å²) in [6.45, 7) is 3.42. The van der Waals surface area contributed by atoms with Crippen molar-refractivity contribution in [3.8, 4) is 5.75 Å². The van der Waals surface area contributed by atoms with Crippen LogP contribution in [0.1, 0.15) is 5.56 Å². The van der Waals surface area contributed by atoms with Gasteiger partial charge in [0, 0.05) is 0 Å². The van der Waals surface area contributed by atoms with Crippen LogP contribution in [0.4, 0.5) is 5.69 Å². The molecule has 0 fully saturated rings. The normalized spacial score (nSPS) is 9.33. The van der Waals surface area contributed by atoms with Gasteiger partial charge in [0.05, 0.1) is 16.6 Å². The van der Waals surface area contributed by atoms with Crippen LogP contribution < -0.4 is 0 Å². The van der Waals surface area contributed by atoms with Crippen molar-refractivity contribution in [3.63, 3.8) is 0 Å². The predicted molar refractivity (Wildman–Crippen MR) is 44.9 cm³/mol. The first-order valence-corrected chi connectivity index (χ1v) is 3.25. The molecule has 0 atom stereocenters. The topological polar surface area (TPSA) is 63.4 Å². The van der Waals surface area contributed by atoms with Crippen molar-refractivity contribution in [1.29, 1.82) is 0 Å². The van der Waals surface area contributed by atoms with E-state index in [0.717, 1.165) is 6.07 Å². The zero-order chi connectivity index (χ0) is 9.14. The summed E-state index contributed by atoms with van der Waals surface area (Å²) in [5, 5.41) is 19.3. The number of nitro groups is 1. The molecule has 0 spiro atoms. The summed E-state index contributed by atoms with van der Waals surface area (Å²) < 4.78 is 0. The number of benzene rings is 1. The summed E-state index contributed by atoms with van der Waals surface area (Å²) in [6.07, 6.45) is 1.37. The van der Waals surface area contributed by atoms with Gasteiger partial charge >= 0.3 is 0 Å². The van der Waals surface area contributed by atoms with E-state index in [2.05, 4.69) is 6.58 Å². The fourth-order valence-corrected chi connectivity index (χ4v) is 0.863. The molecule has 1 aromatic rings. The molecule has 0 saturated carbocycles. The lowest BCUT2D eigenvalue weighted by Crippen LogP contribution is -1.90. The molecule has 4 nitrogen and oxygen atoms in total. The van der Waals surface area contributed by atoms with E-state index in [-0.39, 0.29) is 11.4 Å². The highest BCUT2D eigenvalue weighted by atomic mass is 16.6. The monoisotopic (exact) mass is 165 g/mol. The van der Waals surface area contributed by atoms with E-state index in [1.807, 2.05) is 0 Å². The van der Waals surface area contributed by atoms with Crippen molar-refractivity contribution in [2.45, 2.75) is 0 Å². The third kappa shape index (κ3) is 1.42. The van der Waals surface area contributed by atoms with E-state index in [0.29, 0.717) is 5.56 Å². The molecular formula is C8H7NO3. The fourth-order valence-electron chi connectivity index (χ4n) is 0.863. The van der Waals surface area contributed by atoms with E-state index in [1.165, 1.54) is 18.2 Å². The van der Waals surface area contributed by atoms with Gasteiger partial charge in [0.2, 0.25) is 0 Å². The highest BCUT2D eigenvalue weighted by Crippen LogP contribution is 2.24. The Bertz CT molecular complexity index is 333. The van der Waals surface area contributed by atoms with Crippen molar-refractivity contribution in [1.82, 2.24) is 0 Å². The fraction of sp³-hybridized carbons (Fsp3) is 0. The Morgan fingerprint density at radius 1 is 1.58 bits per heavy atom. The van der Waals surface area contributed by atoms with E-state index in [4.69, 9.17) is 5.11 Å². The molecule has 1 aromatic carbocycles. The Kier molecular flexibility index (Phi) is 2.09. The maximum atomic E-state index is 10.4. The second-order valence-electron chi connectivity index (χ2n) is 2.20. The maximum absolute atomic E-state index is 10.4. The molecule has 0 aromatic heterocycles. The molecular weight excluding hydrogens is 158 g/mol. The zero-order valence-electron chi connectivity index (χ0n) is 6.23. The van der Waals surface area contributed by atoms with Crippen LogP contribution in [-0.4, -0.2) is 10.0 Å². The van der Waals surface area contributed by atoms with Gasteiger partial charge in [0.15, 0.2) is 0 Å². The average molecular weight is 165 g/mol. The lowest BCUT2D eigenvalue weighted by molar-refractivity contribution is -0.385. The molecule has 12 heavy (non-hydrogen) atoms. The van der Waals surface area contributed by atoms with Gasteiger partial charge in [-0.05, 0) is 12.1 Å². The van der Waals surface area contributed by atoms with Gasteiger partial charge in [-0.1, -0.05) is 12.7 Å². The SMILES string of the molecule is C=Cc1ccc(O)cc1[N+](=O)[O-]. The smallest absolute Gasteiger partial charge is 0.280 e. The summed E-state index contributed by atoms with van der Waals surface area (Å²) in [5.41, 5.74) is 0.266. The number of nitrogens with zero attached hydrogens (tertiary/aromatic N) is 1. The second kappa shape index (κ2) is 3.04. The minimum atomic E-state index is -0.559. The standard InChI is InChI=1S/C8H7NO3/c1-2-6-3-4-7(10)5-8(6)9(11)12/h2-5,10H,1H2. The van der Waals surface area contributed by atoms with E-state index in [1.54, 1.807) is 0 Å². The summed E-state index contributed by atoms with van der Waals surface area (Å²) in [4.78, 5) is 9.82. The van der Waals surface area contributed by atoms with Crippen LogP contribution >= 0.6 is 0 Å². The first kappa shape index (κ1) is 8.26. The van der Waals surface area contributed by atoms with E-state index >= 15 is 0 Å². The number of aromatic hydroxyl groups is 1. The van der Waals surface area contributed by atoms with Gasteiger partial charge in [-0.25, -0.2) is 0 Å². The molecule has 0 bridgehead atoms. The number of nitro benzene ring substituents is 1. The molecule has 0 aliphatic rings. The molecule has 4 heteroatoms. The Hall–Kier alpha value is -1.84. The van der Waals surface area contributed by atoms with Gasteiger partial charge in [-0.3, -0.25) is 10.1 Å². The predicted octanol–water partition coefficient (Wildman–Crippen LogP) is 1.94. The Balaban J connectivity index is 3.30. The first-order valence-electron chi connectivity index (χ1n) is 3.25. The molecule has 0 amide bonds. The quantitative estimate of drug-likeness (QED) is 0.538. The summed E-state index contributed by atoms with van der Waals surface area (Å²) in [5.74, 6) is -0.118. The van der Waals surface area contributed by atoms with Crippen molar-refractivity contribution in [3.05, 3.63) is 40.5 Å². The zero-order valence-corrected chi connectivity index (χ0v) is 6.23. The molecule has 0 unspecified atom stereocenters. The van der Waals surface area contributed by atoms with Crippen LogP contribution in [0.5, 0.6) is 5.75 Å². The number of hydrogen-bond donors (Lipinski definition) is 1. The number of phenols is 1. The average Bonchev–Trinajstić information content (AvgIpc) is 2.04. The highest BCUT2D eigenvalue weighted by molar-refractivity contribution is 5.61. The summed E-state index contributed by atoms with van der Waals surface area (Å²) in [6, 6.07) is 3.92. The van der Waals surface area contributed by atoms with E-state index in [9.17, 15) is 10.1 Å². The first-order chi connectivity index (χ1) is 5.65. The van der Waals surface area contributed by atoms with Crippen LogP contribution in [0, 0.1) is 10.1 Å². The highest BCUT2D eigenvalue weighted by Gasteiger charge is 2.11. The maximum Gasteiger partial charge on any atom is 0.280 e. The van der Waals surface area contributed by atoms with Gasteiger partial charge in [-0.15, -0.1) is 0 Å². The Morgan fingerprint density at radius 2 is 2.25 bits per heavy atom. The molecule has 0 radical (unpaired) electrons. The van der Waals surface area contributed by atoms with Crippen LogP contribution in [0.3, 0.4) is 0 Å². The Labute approximate surface area is 68.9 Å². The van der Waals surface area contributed by atoms with Crippen LogP contribution in [0.2, 0.25) is 0 Å². The third-order valence-corrected chi connectivity index (χ3v) is 1.43. The van der Waals surface area contributed by atoms with Gasteiger partial charge < -0.3 is 5.11 Å². The summed E-state index contributed by atoms with van der Waals surface area (Å²) >= 11 is 0. The lowest BCUT2D eigenvalue weighted by atomic mass is 10.2. The molecule has 0 aliphatic carbocycles. The van der Waals surface area contributed by atoms with Gasteiger partial charge in [-0.2, -0.15) is 0 Å². The number of hydrogen-bond acceptors (Lipinski definition) is 3. The van der Waals surface area contributed by atoms with Crippen molar-refractivity contribution < 1.29 is 10.0 Å². The second-order valence-corrected chi connectivity index (χ2v) is 2.20. The summed E-state index contributed by atoms with van der Waals surface area (Å²) in [7, 11) is 0. The van der Waals surface area contributed by atoms with Crippen LogP contribution in [-0.2, 0) is 0 Å². The van der Waals surface area contributed by atoms with Crippen molar-refractivity contribution in [2.24, 2.45) is 0 Å². The van der Waals surface area contributed by atoms with Gasteiger partial charge in [0.1, 0.15) is 5.75 Å². The third-order valence-electron chi connectivity index (χ3n) is 1.43. The Morgan fingerprint density at radius 3 is 2.75 bits per heavy atom. The van der Waals surface area contributed by atoms with E-state index < -0.39 is 4.92 Å². The molecule has 1 rings (SSSR count). The molecule has 0 saturated heterocycles. The molecule has 62 valence electrons. The van der Waals surface area contributed by atoms with Gasteiger partial charge in [0.25, 0.3) is 5.69 Å². The molecule has 0 aliphatic heterocycles. The minimum Gasteiger partial charge on any atom is -0.508 e. The van der Waals surface area contributed by atoms with Crippen molar-refractivity contribution in [2.75, 3.05) is 0 Å². The number of rotatable bonds is 2. The molecule has 0 heterocycles. The largest absolute Gasteiger partial charge is 0.508 e. The lowest BCUT2D eigenvalue weighted by Gasteiger charge is -1.96. The van der Waals surface area contributed by atoms with Crippen LogP contribution in [0.15, 0.2) is 24.8 Å². The minimum absolute atomic E-state index is 0.118. The number of phenolic OH excluding ortho intramolecular Hbond substituents is 1. The van der Waals surface area contributed by atoms with Crippen LogP contribution in [0.25, 0.3) is 6.08 Å². The van der Waals surface area contributed by atoms with Crippen molar-refractivity contribution >= 4 is 11.8 Å².